The fraction of sp³-hybridized carbons (Fsp3) is 0.222. The standard InChI is InChI=1S/C7H8IN.C2HF3O2/c8-7-3-1-6(5-9)2-4-7;3-2(4,5)1(6)7/h1-4H,5,9H2;(H,6,7). The van der Waals surface area contributed by atoms with Gasteiger partial charge in [0.1, 0.15) is 0 Å². The molecule has 0 atom stereocenters. The molecule has 0 radical (unpaired) electrons. The van der Waals surface area contributed by atoms with Crippen LogP contribution < -0.4 is 5.73 Å². The van der Waals surface area contributed by atoms with Gasteiger partial charge in [0, 0.05) is 10.1 Å². The fourth-order valence-corrected chi connectivity index (χ4v) is 0.980. The smallest absolute Gasteiger partial charge is 0.475 e. The highest BCUT2D eigenvalue weighted by atomic mass is 127. The highest BCUT2D eigenvalue weighted by Crippen LogP contribution is 2.13. The molecule has 0 saturated carbocycles. The molecule has 0 unspecified atom stereocenters. The number of halogens is 4. The van der Waals surface area contributed by atoms with Gasteiger partial charge in [-0.15, -0.1) is 0 Å². The first-order valence-electron chi connectivity index (χ1n) is 4.02. The first kappa shape index (κ1) is 15.2. The van der Waals surface area contributed by atoms with Crippen molar-refractivity contribution in [2.75, 3.05) is 0 Å². The Morgan fingerprint density at radius 3 is 1.94 bits per heavy atom. The van der Waals surface area contributed by atoms with Crippen molar-refractivity contribution < 1.29 is 23.1 Å². The first-order chi connectivity index (χ1) is 7.27. The van der Waals surface area contributed by atoms with Gasteiger partial charge in [0.15, 0.2) is 0 Å². The van der Waals surface area contributed by atoms with E-state index in [2.05, 4.69) is 34.7 Å². The summed E-state index contributed by atoms with van der Waals surface area (Å²) in [4.78, 5) is 8.90. The van der Waals surface area contributed by atoms with Crippen LogP contribution in [0.1, 0.15) is 5.56 Å². The molecule has 7 heteroatoms. The molecule has 0 amide bonds. The highest BCUT2D eigenvalue weighted by molar-refractivity contribution is 14.1. The lowest BCUT2D eigenvalue weighted by Crippen LogP contribution is -2.21. The monoisotopic (exact) mass is 347 g/mol. The Hall–Kier alpha value is -0.830. The minimum atomic E-state index is -5.08. The number of hydrogen-bond acceptors (Lipinski definition) is 2. The number of carboxylic acid groups (broad SMARTS) is 1. The molecule has 0 heterocycles. The number of aliphatic carboxylic acids is 1. The molecule has 0 fully saturated rings. The fourth-order valence-electron chi connectivity index (χ4n) is 0.620. The van der Waals surface area contributed by atoms with Crippen molar-refractivity contribution in [1.29, 1.82) is 0 Å². The lowest BCUT2D eigenvalue weighted by molar-refractivity contribution is -0.192. The molecule has 0 aromatic heterocycles. The van der Waals surface area contributed by atoms with E-state index < -0.39 is 12.1 Å². The van der Waals surface area contributed by atoms with Crippen molar-refractivity contribution in [3.05, 3.63) is 33.4 Å². The molecule has 0 saturated heterocycles. The van der Waals surface area contributed by atoms with Crippen LogP contribution in [-0.4, -0.2) is 17.3 Å². The van der Waals surface area contributed by atoms with Crippen molar-refractivity contribution in [2.45, 2.75) is 12.7 Å². The van der Waals surface area contributed by atoms with E-state index >= 15 is 0 Å². The molecule has 1 aromatic carbocycles. The van der Waals surface area contributed by atoms with Crippen LogP contribution in [0.3, 0.4) is 0 Å². The van der Waals surface area contributed by atoms with Gasteiger partial charge < -0.3 is 10.8 Å². The second kappa shape index (κ2) is 6.69. The van der Waals surface area contributed by atoms with E-state index in [-0.39, 0.29) is 0 Å². The predicted octanol–water partition coefficient (Wildman–Crippen LogP) is 2.38. The zero-order chi connectivity index (χ0) is 12.8. The van der Waals surface area contributed by atoms with Crippen molar-refractivity contribution in [3.8, 4) is 0 Å². The lowest BCUT2D eigenvalue weighted by Gasteiger charge is -1.93. The zero-order valence-corrected chi connectivity index (χ0v) is 10.1. The molecule has 0 bridgehead atoms. The van der Waals surface area contributed by atoms with Gasteiger partial charge in [-0.05, 0) is 40.3 Å². The molecule has 0 aliphatic heterocycles. The minimum absolute atomic E-state index is 0.636. The third kappa shape index (κ3) is 6.62. The summed E-state index contributed by atoms with van der Waals surface area (Å²) in [5, 5.41) is 7.12. The largest absolute Gasteiger partial charge is 0.490 e. The van der Waals surface area contributed by atoms with Gasteiger partial charge in [-0.25, -0.2) is 4.79 Å². The van der Waals surface area contributed by atoms with Gasteiger partial charge >= 0.3 is 12.1 Å². The number of carbonyl (C=O) groups is 1. The van der Waals surface area contributed by atoms with E-state index in [1.165, 1.54) is 9.13 Å². The maximum absolute atomic E-state index is 10.6. The predicted molar refractivity (Wildman–Crippen MR) is 60.7 cm³/mol. The van der Waals surface area contributed by atoms with Crippen LogP contribution >= 0.6 is 22.6 Å². The highest BCUT2D eigenvalue weighted by Gasteiger charge is 2.38. The Bertz CT molecular complexity index is 338. The quantitative estimate of drug-likeness (QED) is 0.767. The normalized spacial score (nSPS) is 10.3. The number of nitrogens with two attached hydrogens (primary N) is 1. The number of hydrogen-bond donors (Lipinski definition) is 2. The van der Waals surface area contributed by atoms with Crippen molar-refractivity contribution >= 4 is 28.6 Å². The number of benzene rings is 1. The van der Waals surface area contributed by atoms with E-state index in [9.17, 15) is 13.2 Å². The van der Waals surface area contributed by atoms with Gasteiger partial charge in [0.2, 0.25) is 0 Å². The molecular weight excluding hydrogens is 338 g/mol. The van der Waals surface area contributed by atoms with E-state index in [0.717, 1.165) is 0 Å². The van der Waals surface area contributed by atoms with Crippen LogP contribution in [0.4, 0.5) is 13.2 Å². The van der Waals surface area contributed by atoms with Crippen LogP contribution in [0.15, 0.2) is 24.3 Å². The van der Waals surface area contributed by atoms with E-state index in [1.54, 1.807) is 0 Å². The van der Waals surface area contributed by atoms with Crippen molar-refractivity contribution in [2.24, 2.45) is 5.73 Å². The Morgan fingerprint density at radius 1 is 1.31 bits per heavy atom. The van der Waals surface area contributed by atoms with Crippen LogP contribution in [0.25, 0.3) is 0 Å². The van der Waals surface area contributed by atoms with Gasteiger partial charge in [-0.3, -0.25) is 0 Å². The average Bonchev–Trinajstić information content (AvgIpc) is 2.18. The minimum Gasteiger partial charge on any atom is -0.475 e. The topological polar surface area (TPSA) is 63.3 Å². The molecular formula is C9H9F3INO2. The van der Waals surface area contributed by atoms with E-state index in [4.69, 9.17) is 15.6 Å². The van der Waals surface area contributed by atoms with E-state index in [1.807, 2.05) is 12.1 Å². The maximum atomic E-state index is 10.6. The van der Waals surface area contributed by atoms with Gasteiger partial charge in [0.05, 0.1) is 0 Å². The second-order valence-electron chi connectivity index (χ2n) is 2.63. The molecule has 1 aromatic rings. The molecule has 0 spiro atoms. The molecule has 16 heavy (non-hydrogen) atoms. The molecule has 90 valence electrons. The molecule has 0 aliphatic carbocycles. The number of alkyl halides is 3. The first-order valence-corrected chi connectivity index (χ1v) is 5.10. The Morgan fingerprint density at radius 2 is 1.69 bits per heavy atom. The summed E-state index contributed by atoms with van der Waals surface area (Å²) in [7, 11) is 0. The van der Waals surface area contributed by atoms with Crippen molar-refractivity contribution in [1.82, 2.24) is 0 Å². The number of carboxylic acids is 1. The summed E-state index contributed by atoms with van der Waals surface area (Å²) < 4.78 is 33.0. The van der Waals surface area contributed by atoms with Gasteiger partial charge in [0.25, 0.3) is 0 Å². The summed E-state index contributed by atoms with van der Waals surface area (Å²) in [6.45, 7) is 0.636. The lowest BCUT2D eigenvalue weighted by atomic mass is 10.2. The van der Waals surface area contributed by atoms with Crippen LogP contribution in [0.5, 0.6) is 0 Å². The maximum Gasteiger partial charge on any atom is 0.490 e. The Labute approximate surface area is 104 Å². The zero-order valence-electron chi connectivity index (χ0n) is 7.96. The second-order valence-corrected chi connectivity index (χ2v) is 3.88. The summed E-state index contributed by atoms with van der Waals surface area (Å²) in [5.74, 6) is -2.76. The van der Waals surface area contributed by atoms with Crippen LogP contribution in [0.2, 0.25) is 0 Å². The van der Waals surface area contributed by atoms with Crippen LogP contribution in [0, 0.1) is 3.57 Å². The Kier molecular flexibility index (Phi) is 6.34. The summed E-state index contributed by atoms with van der Waals surface area (Å²) in [6, 6.07) is 8.20. The molecule has 3 N–H and O–H groups in total. The summed E-state index contributed by atoms with van der Waals surface area (Å²) in [5.41, 5.74) is 6.59. The van der Waals surface area contributed by atoms with E-state index in [0.29, 0.717) is 6.54 Å². The third-order valence-electron chi connectivity index (χ3n) is 1.39. The summed E-state index contributed by atoms with van der Waals surface area (Å²) >= 11 is 2.27. The van der Waals surface area contributed by atoms with Crippen LogP contribution in [-0.2, 0) is 11.3 Å². The third-order valence-corrected chi connectivity index (χ3v) is 2.11. The number of rotatable bonds is 1. The molecule has 1 rings (SSSR count). The average molecular weight is 347 g/mol. The van der Waals surface area contributed by atoms with Gasteiger partial charge in [-0.1, -0.05) is 12.1 Å². The van der Waals surface area contributed by atoms with Crippen molar-refractivity contribution in [3.63, 3.8) is 0 Å². The molecule has 0 aliphatic rings. The van der Waals surface area contributed by atoms with Gasteiger partial charge in [-0.2, -0.15) is 13.2 Å². The summed E-state index contributed by atoms with van der Waals surface area (Å²) in [6.07, 6.45) is -5.08. The SMILES string of the molecule is NCc1ccc(I)cc1.O=C(O)C(F)(F)F. The molecule has 3 nitrogen and oxygen atoms in total. The Balaban J connectivity index is 0.000000293.